The smallest absolute Gasteiger partial charge is 0.343 e. The molecule has 0 fully saturated rings. The predicted molar refractivity (Wildman–Crippen MR) is 57.1 cm³/mol. The topological polar surface area (TPSA) is 48.4 Å². The number of fused-ring (bicyclic) bond motifs is 1. The molecule has 0 aliphatic rings. The van der Waals surface area contributed by atoms with Gasteiger partial charge in [0.25, 0.3) is 5.19 Å². The van der Waals surface area contributed by atoms with Gasteiger partial charge in [0.2, 0.25) is 0 Å². The first-order valence-electron chi connectivity index (χ1n) is 4.45. The molecule has 0 aliphatic heterocycles. The van der Waals surface area contributed by atoms with E-state index in [-0.39, 0.29) is 17.3 Å². The quantitative estimate of drug-likeness (QED) is 0.771. The van der Waals surface area contributed by atoms with E-state index in [4.69, 9.17) is 4.74 Å². The van der Waals surface area contributed by atoms with Gasteiger partial charge in [0.05, 0.1) is 11.8 Å². The number of ether oxygens (including phenoxy) is 2. The molecule has 0 N–H and O–H groups in total. The van der Waals surface area contributed by atoms with Crippen molar-refractivity contribution in [3.63, 3.8) is 0 Å². The lowest BCUT2D eigenvalue weighted by Crippen LogP contribution is -2.12. The molecule has 0 aliphatic carbocycles. The molecule has 16 heavy (non-hydrogen) atoms. The predicted octanol–water partition coefficient (Wildman–Crippen LogP) is 1.99. The maximum atomic E-state index is 13.3. The zero-order chi connectivity index (χ0) is 11.5. The Kier molecular flexibility index (Phi) is 3.00. The number of carbonyl (C=O) groups excluding carboxylic acids is 1. The minimum atomic E-state index is -0.500. The first-order valence-corrected chi connectivity index (χ1v) is 5.27. The van der Waals surface area contributed by atoms with E-state index in [9.17, 15) is 9.18 Å². The molecule has 0 atom stereocenters. The number of hydrogen-bond acceptors (Lipinski definition) is 5. The summed E-state index contributed by atoms with van der Waals surface area (Å²) in [6, 6.07) is 4.66. The average molecular weight is 241 g/mol. The maximum Gasteiger partial charge on any atom is 0.343 e. The zero-order valence-corrected chi connectivity index (χ0v) is 9.21. The van der Waals surface area contributed by atoms with E-state index in [0.717, 1.165) is 0 Å². The van der Waals surface area contributed by atoms with Gasteiger partial charge in [-0.15, -0.1) is 0 Å². The van der Waals surface area contributed by atoms with Gasteiger partial charge in [-0.05, 0) is 12.1 Å². The second-order valence-electron chi connectivity index (χ2n) is 2.93. The summed E-state index contributed by atoms with van der Waals surface area (Å²) in [5, 5.41) is 0.255. The first kappa shape index (κ1) is 10.8. The Morgan fingerprint density at radius 1 is 1.56 bits per heavy atom. The fraction of sp³-hybridized carbons (Fsp3) is 0.200. The third kappa shape index (κ3) is 2.11. The number of thiazole rings is 1. The van der Waals surface area contributed by atoms with Gasteiger partial charge in [-0.25, -0.2) is 9.18 Å². The van der Waals surface area contributed by atoms with Crippen molar-refractivity contribution in [1.82, 2.24) is 4.98 Å². The lowest BCUT2D eigenvalue weighted by molar-refractivity contribution is -0.142. The minimum Gasteiger partial charge on any atom is -0.466 e. The van der Waals surface area contributed by atoms with Gasteiger partial charge in [0.15, 0.2) is 6.61 Å². The van der Waals surface area contributed by atoms with Crippen molar-refractivity contribution < 1.29 is 18.7 Å². The van der Waals surface area contributed by atoms with Crippen molar-refractivity contribution in [1.29, 1.82) is 0 Å². The molecule has 6 heteroatoms. The van der Waals surface area contributed by atoms with Crippen molar-refractivity contribution in [2.45, 2.75) is 0 Å². The highest BCUT2D eigenvalue weighted by Gasteiger charge is 2.10. The lowest BCUT2D eigenvalue weighted by atomic mass is 10.3. The molecule has 84 valence electrons. The highest BCUT2D eigenvalue weighted by molar-refractivity contribution is 7.20. The molecular formula is C10H8FNO3S. The summed E-state index contributed by atoms with van der Waals surface area (Å²) in [6.45, 7) is -0.224. The molecule has 1 aromatic heterocycles. The Bertz CT molecular complexity index is 526. The molecule has 1 aromatic carbocycles. The summed E-state index contributed by atoms with van der Waals surface area (Å²) < 4.78 is 23.4. The van der Waals surface area contributed by atoms with Crippen molar-refractivity contribution in [3.05, 3.63) is 24.0 Å². The summed E-state index contributed by atoms with van der Waals surface area (Å²) in [7, 11) is 1.27. The van der Waals surface area contributed by atoms with Crippen LogP contribution in [-0.2, 0) is 9.53 Å². The summed E-state index contributed by atoms with van der Waals surface area (Å²) in [5.74, 6) is -0.901. The number of benzene rings is 1. The normalized spacial score (nSPS) is 10.4. The SMILES string of the molecule is COC(=O)COc1nc2c(F)cccc2s1. The van der Waals surface area contributed by atoms with Crippen LogP contribution in [0.3, 0.4) is 0 Å². The number of nitrogens with zero attached hydrogens (tertiary/aromatic N) is 1. The largest absolute Gasteiger partial charge is 0.466 e. The van der Waals surface area contributed by atoms with Crippen molar-refractivity contribution in [2.24, 2.45) is 0 Å². The summed E-state index contributed by atoms with van der Waals surface area (Å²) >= 11 is 1.18. The standard InChI is InChI=1S/C10H8FNO3S/c1-14-8(13)5-15-10-12-9-6(11)3-2-4-7(9)16-10/h2-4H,5H2,1H3. The van der Waals surface area contributed by atoms with Crippen LogP contribution < -0.4 is 4.74 Å². The monoisotopic (exact) mass is 241 g/mol. The average Bonchev–Trinajstić information content (AvgIpc) is 2.70. The van der Waals surface area contributed by atoms with Crippen LogP contribution in [0.4, 0.5) is 4.39 Å². The van der Waals surface area contributed by atoms with Crippen LogP contribution in [0.15, 0.2) is 18.2 Å². The Balaban J connectivity index is 2.20. The minimum absolute atomic E-state index is 0.224. The van der Waals surface area contributed by atoms with Crippen molar-refractivity contribution >= 4 is 27.5 Å². The second-order valence-corrected chi connectivity index (χ2v) is 3.92. The van der Waals surface area contributed by atoms with Crippen LogP contribution in [0.1, 0.15) is 0 Å². The fourth-order valence-electron chi connectivity index (χ4n) is 1.14. The number of methoxy groups -OCH3 is 1. The molecule has 0 amide bonds. The summed E-state index contributed by atoms with van der Waals surface area (Å²) in [5.41, 5.74) is 0.257. The number of rotatable bonds is 3. The summed E-state index contributed by atoms with van der Waals surface area (Å²) in [4.78, 5) is 14.8. The number of aromatic nitrogens is 1. The van der Waals surface area contributed by atoms with Gasteiger partial charge in [0, 0.05) is 0 Å². The highest BCUT2D eigenvalue weighted by atomic mass is 32.1. The number of para-hydroxylation sites is 1. The molecule has 1 heterocycles. The van der Waals surface area contributed by atoms with E-state index in [0.29, 0.717) is 4.70 Å². The van der Waals surface area contributed by atoms with Crippen LogP contribution in [-0.4, -0.2) is 24.7 Å². The van der Waals surface area contributed by atoms with E-state index < -0.39 is 11.8 Å². The molecular weight excluding hydrogens is 233 g/mol. The number of esters is 1. The first-order chi connectivity index (χ1) is 7.70. The van der Waals surface area contributed by atoms with E-state index in [1.165, 1.54) is 24.5 Å². The van der Waals surface area contributed by atoms with Crippen LogP contribution in [0, 0.1) is 5.82 Å². The van der Waals surface area contributed by atoms with E-state index in [2.05, 4.69) is 9.72 Å². The molecule has 0 spiro atoms. The van der Waals surface area contributed by atoms with Crippen LogP contribution in [0.25, 0.3) is 10.2 Å². The van der Waals surface area contributed by atoms with E-state index >= 15 is 0 Å². The van der Waals surface area contributed by atoms with Crippen LogP contribution in [0.5, 0.6) is 5.19 Å². The van der Waals surface area contributed by atoms with Gasteiger partial charge in [-0.3, -0.25) is 0 Å². The Labute approximate surface area is 94.6 Å². The zero-order valence-electron chi connectivity index (χ0n) is 8.40. The Morgan fingerprint density at radius 3 is 3.06 bits per heavy atom. The summed E-state index contributed by atoms with van der Waals surface area (Å²) in [6.07, 6.45) is 0. The lowest BCUT2D eigenvalue weighted by Gasteiger charge is -1.98. The number of halogens is 1. The third-order valence-electron chi connectivity index (χ3n) is 1.89. The second kappa shape index (κ2) is 4.44. The van der Waals surface area contributed by atoms with Gasteiger partial charge in [-0.2, -0.15) is 4.98 Å². The fourth-order valence-corrected chi connectivity index (χ4v) is 1.97. The van der Waals surface area contributed by atoms with Gasteiger partial charge in [0.1, 0.15) is 11.3 Å². The van der Waals surface area contributed by atoms with Crippen molar-refractivity contribution in [2.75, 3.05) is 13.7 Å². The van der Waals surface area contributed by atoms with E-state index in [1.807, 2.05) is 0 Å². The molecule has 0 saturated heterocycles. The van der Waals surface area contributed by atoms with Gasteiger partial charge < -0.3 is 9.47 Å². The molecule has 0 bridgehead atoms. The van der Waals surface area contributed by atoms with Gasteiger partial charge in [-0.1, -0.05) is 17.4 Å². The van der Waals surface area contributed by atoms with E-state index in [1.54, 1.807) is 12.1 Å². The molecule has 2 rings (SSSR count). The molecule has 4 nitrogen and oxygen atoms in total. The third-order valence-corrected chi connectivity index (χ3v) is 2.82. The molecule has 0 saturated carbocycles. The molecule has 0 radical (unpaired) electrons. The maximum absolute atomic E-state index is 13.3. The molecule has 2 aromatic rings. The Morgan fingerprint density at radius 2 is 2.38 bits per heavy atom. The highest BCUT2D eigenvalue weighted by Crippen LogP contribution is 2.28. The van der Waals surface area contributed by atoms with Crippen molar-refractivity contribution in [3.8, 4) is 5.19 Å². The Hall–Kier alpha value is -1.69. The van der Waals surface area contributed by atoms with Gasteiger partial charge >= 0.3 is 5.97 Å². The number of carbonyl (C=O) groups is 1. The van der Waals surface area contributed by atoms with Crippen LogP contribution >= 0.6 is 11.3 Å². The molecule has 0 unspecified atom stereocenters. The number of hydrogen-bond donors (Lipinski definition) is 0. The van der Waals surface area contributed by atoms with Crippen LogP contribution in [0.2, 0.25) is 0 Å².